The molecule has 1 aromatic heterocycles. The van der Waals surface area contributed by atoms with Crippen molar-refractivity contribution in [2.75, 3.05) is 13.6 Å². The minimum absolute atomic E-state index is 0.0909. The summed E-state index contributed by atoms with van der Waals surface area (Å²) in [5.74, 6) is 0.770. The van der Waals surface area contributed by atoms with Gasteiger partial charge in [0.25, 0.3) is 0 Å². The number of likely N-dealkylation sites (N-methyl/N-ethyl adjacent to an activating group) is 1. The third-order valence-corrected chi connectivity index (χ3v) is 4.50. The molecule has 21 heavy (non-hydrogen) atoms. The molecule has 2 unspecified atom stereocenters. The fourth-order valence-corrected chi connectivity index (χ4v) is 3.00. The molecule has 2 rings (SSSR count). The van der Waals surface area contributed by atoms with Crippen LogP contribution in [0.5, 0.6) is 0 Å². The maximum Gasteiger partial charge on any atom is 0.226 e. The molecule has 3 nitrogen and oxygen atoms in total. The Morgan fingerprint density at radius 1 is 1.38 bits per heavy atom. The largest absolute Gasteiger partial charge is 0.345 e. The molecular weight excluding hydrogens is 260 g/mol. The van der Waals surface area contributed by atoms with E-state index in [0.29, 0.717) is 5.92 Å². The Bertz CT molecular complexity index is 529. The number of carbonyl (C=O) groups is 1. The number of aromatic nitrogens is 1. The van der Waals surface area contributed by atoms with E-state index in [0.717, 1.165) is 18.7 Å². The van der Waals surface area contributed by atoms with Crippen LogP contribution in [0, 0.1) is 17.3 Å². The molecule has 3 heteroatoms. The van der Waals surface area contributed by atoms with E-state index >= 15 is 0 Å². The minimum atomic E-state index is 0.0909. The molecule has 0 aliphatic heterocycles. The zero-order chi connectivity index (χ0) is 15.6. The number of carbonyl (C=O) groups excluding carboxylic acids is 1. The van der Waals surface area contributed by atoms with Gasteiger partial charge in [-0.1, -0.05) is 31.6 Å². The van der Waals surface area contributed by atoms with Crippen molar-refractivity contribution in [2.45, 2.75) is 34.1 Å². The molecule has 1 aliphatic carbocycles. The Hall–Kier alpha value is -1.64. The van der Waals surface area contributed by atoms with Gasteiger partial charge < -0.3 is 4.90 Å². The number of amides is 1. The molecule has 1 saturated carbocycles. The lowest BCUT2D eigenvalue weighted by molar-refractivity contribution is -0.132. The van der Waals surface area contributed by atoms with Crippen molar-refractivity contribution in [3.05, 3.63) is 41.7 Å². The SMILES string of the molecule is CC(C)=CC1C(C(=O)N(C)CCc2ccccn2)C1(C)C. The van der Waals surface area contributed by atoms with Gasteiger partial charge in [-0.05, 0) is 37.3 Å². The first-order valence-corrected chi connectivity index (χ1v) is 7.64. The van der Waals surface area contributed by atoms with Gasteiger partial charge in [0.15, 0.2) is 0 Å². The van der Waals surface area contributed by atoms with E-state index < -0.39 is 0 Å². The second-order valence-electron chi connectivity index (χ2n) is 6.90. The maximum atomic E-state index is 12.6. The highest BCUT2D eigenvalue weighted by atomic mass is 16.2. The van der Waals surface area contributed by atoms with Crippen molar-refractivity contribution >= 4 is 5.91 Å². The van der Waals surface area contributed by atoms with Crippen LogP contribution in [0.3, 0.4) is 0 Å². The van der Waals surface area contributed by atoms with E-state index in [2.05, 4.69) is 38.8 Å². The van der Waals surface area contributed by atoms with Gasteiger partial charge in [-0.3, -0.25) is 9.78 Å². The summed E-state index contributed by atoms with van der Waals surface area (Å²) in [7, 11) is 1.90. The van der Waals surface area contributed by atoms with Crippen LogP contribution in [-0.2, 0) is 11.2 Å². The van der Waals surface area contributed by atoms with Crippen molar-refractivity contribution < 1.29 is 4.79 Å². The van der Waals surface area contributed by atoms with Crippen molar-refractivity contribution in [2.24, 2.45) is 17.3 Å². The molecule has 0 N–H and O–H groups in total. The standard InChI is InChI=1S/C18H26N2O/c1-13(2)12-15-16(18(15,3)4)17(21)20(5)11-9-14-8-6-7-10-19-14/h6-8,10,12,15-16H,9,11H2,1-5H3. The Kier molecular flexibility index (Phi) is 4.50. The quantitative estimate of drug-likeness (QED) is 0.778. The summed E-state index contributed by atoms with van der Waals surface area (Å²) in [5, 5.41) is 0. The predicted molar refractivity (Wildman–Crippen MR) is 85.8 cm³/mol. The molecule has 2 atom stereocenters. The third-order valence-electron chi connectivity index (χ3n) is 4.50. The van der Waals surface area contributed by atoms with Gasteiger partial charge in [-0.15, -0.1) is 0 Å². The lowest BCUT2D eigenvalue weighted by atomic mass is 10.1. The number of nitrogens with zero attached hydrogens (tertiary/aromatic N) is 2. The molecule has 1 heterocycles. The van der Waals surface area contributed by atoms with E-state index in [1.165, 1.54) is 5.57 Å². The number of hydrogen-bond donors (Lipinski definition) is 0. The van der Waals surface area contributed by atoms with Gasteiger partial charge in [0.05, 0.1) is 5.92 Å². The number of rotatable bonds is 5. The summed E-state index contributed by atoms with van der Waals surface area (Å²) in [6.45, 7) is 9.30. The summed E-state index contributed by atoms with van der Waals surface area (Å²) >= 11 is 0. The molecule has 114 valence electrons. The molecule has 1 aromatic rings. The van der Waals surface area contributed by atoms with Crippen LogP contribution in [-0.4, -0.2) is 29.4 Å². The Morgan fingerprint density at radius 2 is 2.10 bits per heavy atom. The Morgan fingerprint density at radius 3 is 2.67 bits per heavy atom. The topological polar surface area (TPSA) is 33.2 Å². The first-order chi connectivity index (χ1) is 9.84. The molecule has 1 aliphatic rings. The van der Waals surface area contributed by atoms with Crippen molar-refractivity contribution in [3.63, 3.8) is 0 Å². The third kappa shape index (κ3) is 3.52. The fourth-order valence-electron chi connectivity index (χ4n) is 3.00. The molecule has 0 spiro atoms. The lowest BCUT2D eigenvalue weighted by Crippen LogP contribution is -2.31. The molecule has 0 radical (unpaired) electrons. The predicted octanol–water partition coefficient (Wildman–Crippen LogP) is 3.32. The minimum Gasteiger partial charge on any atom is -0.345 e. The van der Waals surface area contributed by atoms with Crippen molar-refractivity contribution in [1.29, 1.82) is 0 Å². The highest BCUT2D eigenvalue weighted by Crippen LogP contribution is 2.59. The van der Waals surface area contributed by atoms with Crippen LogP contribution in [0.2, 0.25) is 0 Å². The van der Waals surface area contributed by atoms with Gasteiger partial charge in [-0.25, -0.2) is 0 Å². The van der Waals surface area contributed by atoms with Crippen LogP contribution in [0.25, 0.3) is 0 Å². The van der Waals surface area contributed by atoms with E-state index in [4.69, 9.17) is 0 Å². The van der Waals surface area contributed by atoms with Gasteiger partial charge >= 0.3 is 0 Å². The van der Waals surface area contributed by atoms with Crippen molar-refractivity contribution in [3.8, 4) is 0 Å². The smallest absolute Gasteiger partial charge is 0.226 e. The number of hydrogen-bond acceptors (Lipinski definition) is 2. The van der Waals surface area contributed by atoms with E-state index in [1.54, 1.807) is 6.20 Å². The molecule has 0 bridgehead atoms. The zero-order valence-electron chi connectivity index (χ0n) is 13.8. The molecule has 0 saturated heterocycles. The van der Waals surface area contributed by atoms with Gasteiger partial charge in [-0.2, -0.15) is 0 Å². The Labute approximate surface area is 128 Å². The van der Waals surface area contributed by atoms with Crippen molar-refractivity contribution in [1.82, 2.24) is 9.88 Å². The summed E-state index contributed by atoms with van der Waals surface area (Å²) in [6.07, 6.45) is 4.85. The monoisotopic (exact) mass is 286 g/mol. The van der Waals surface area contributed by atoms with Gasteiger partial charge in [0.1, 0.15) is 0 Å². The van der Waals surface area contributed by atoms with Gasteiger partial charge in [0, 0.05) is 31.9 Å². The van der Waals surface area contributed by atoms with Gasteiger partial charge in [0.2, 0.25) is 5.91 Å². The summed E-state index contributed by atoms with van der Waals surface area (Å²) in [6, 6.07) is 5.90. The van der Waals surface area contributed by atoms with E-state index in [9.17, 15) is 4.79 Å². The molecular formula is C18H26N2O. The average molecular weight is 286 g/mol. The second-order valence-corrected chi connectivity index (χ2v) is 6.90. The average Bonchev–Trinajstić information content (AvgIpc) is 2.96. The molecule has 1 amide bonds. The van der Waals surface area contributed by atoms with Crippen LogP contribution in [0.15, 0.2) is 36.0 Å². The first-order valence-electron chi connectivity index (χ1n) is 7.64. The van der Waals surface area contributed by atoms with Crippen LogP contribution < -0.4 is 0 Å². The number of allylic oxidation sites excluding steroid dienone is 2. The highest BCUT2D eigenvalue weighted by Gasteiger charge is 2.60. The summed E-state index contributed by atoms with van der Waals surface area (Å²) < 4.78 is 0. The summed E-state index contributed by atoms with van der Waals surface area (Å²) in [5.41, 5.74) is 2.42. The van der Waals surface area contributed by atoms with E-state index in [1.807, 2.05) is 30.1 Å². The molecule has 0 aromatic carbocycles. The molecule has 1 fully saturated rings. The zero-order valence-corrected chi connectivity index (χ0v) is 13.8. The Balaban J connectivity index is 1.93. The maximum absolute atomic E-state index is 12.6. The highest BCUT2D eigenvalue weighted by molar-refractivity contribution is 5.83. The summed E-state index contributed by atoms with van der Waals surface area (Å²) in [4.78, 5) is 18.8. The lowest BCUT2D eigenvalue weighted by Gasteiger charge is -2.17. The second kappa shape index (κ2) is 6.00. The number of pyridine rings is 1. The normalized spacial score (nSPS) is 22.5. The van der Waals surface area contributed by atoms with Crippen LogP contribution >= 0.6 is 0 Å². The van der Waals surface area contributed by atoms with Crippen LogP contribution in [0.4, 0.5) is 0 Å². The van der Waals surface area contributed by atoms with Crippen LogP contribution in [0.1, 0.15) is 33.4 Å². The fraction of sp³-hybridized carbons (Fsp3) is 0.556. The van der Waals surface area contributed by atoms with E-state index in [-0.39, 0.29) is 17.2 Å². The first kappa shape index (κ1) is 15.7.